The molecule has 0 aromatic heterocycles. The van der Waals surface area contributed by atoms with E-state index >= 15 is 0 Å². The van der Waals surface area contributed by atoms with Crippen molar-refractivity contribution in [3.05, 3.63) is 29.3 Å². The SMILES string of the molecule is Oc1c(F)ccc(C2CCNCC2)c1F. The van der Waals surface area contributed by atoms with E-state index in [-0.39, 0.29) is 5.92 Å². The van der Waals surface area contributed by atoms with Crippen molar-refractivity contribution in [3.8, 4) is 5.75 Å². The van der Waals surface area contributed by atoms with Crippen molar-refractivity contribution in [2.75, 3.05) is 13.1 Å². The maximum Gasteiger partial charge on any atom is 0.188 e. The third-order valence-electron chi connectivity index (χ3n) is 2.88. The Hall–Kier alpha value is -1.16. The average molecular weight is 213 g/mol. The van der Waals surface area contributed by atoms with Gasteiger partial charge in [-0.1, -0.05) is 6.07 Å². The Morgan fingerprint density at radius 3 is 2.53 bits per heavy atom. The number of nitrogens with one attached hydrogen (secondary N) is 1. The van der Waals surface area contributed by atoms with Crippen LogP contribution in [0.2, 0.25) is 0 Å². The topological polar surface area (TPSA) is 32.3 Å². The maximum absolute atomic E-state index is 13.5. The second-order valence-corrected chi connectivity index (χ2v) is 3.82. The number of hydrogen-bond acceptors (Lipinski definition) is 2. The lowest BCUT2D eigenvalue weighted by atomic mass is 9.89. The van der Waals surface area contributed by atoms with Crippen molar-refractivity contribution < 1.29 is 13.9 Å². The Balaban J connectivity index is 2.31. The number of rotatable bonds is 1. The molecule has 4 heteroatoms. The number of benzene rings is 1. The lowest BCUT2D eigenvalue weighted by Crippen LogP contribution is -2.27. The van der Waals surface area contributed by atoms with E-state index < -0.39 is 17.4 Å². The zero-order valence-electron chi connectivity index (χ0n) is 8.26. The normalized spacial score (nSPS) is 18.0. The van der Waals surface area contributed by atoms with Crippen LogP contribution in [0, 0.1) is 11.6 Å². The molecule has 1 aromatic carbocycles. The molecule has 1 fully saturated rings. The smallest absolute Gasteiger partial charge is 0.188 e. The van der Waals surface area contributed by atoms with Gasteiger partial charge < -0.3 is 10.4 Å². The van der Waals surface area contributed by atoms with Gasteiger partial charge in [0.2, 0.25) is 0 Å². The molecule has 1 aliphatic heterocycles. The van der Waals surface area contributed by atoms with Gasteiger partial charge in [0.25, 0.3) is 0 Å². The van der Waals surface area contributed by atoms with E-state index in [0.29, 0.717) is 5.56 Å². The second-order valence-electron chi connectivity index (χ2n) is 3.82. The Morgan fingerprint density at radius 1 is 1.20 bits per heavy atom. The number of aromatic hydroxyl groups is 1. The number of phenols is 1. The summed E-state index contributed by atoms with van der Waals surface area (Å²) >= 11 is 0. The first kappa shape index (κ1) is 10.4. The van der Waals surface area contributed by atoms with Gasteiger partial charge in [-0.2, -0.15) is 0 Å². The molecule has 0 radical (unpaired) electrons. The molecular formula is C11H13F2NO. The highest BCUT2D eigenvalue weighted by Gasteiger charge is 2.21. The zero-order chi connectivity index (χ0) is 10.8. The van der Waals surface area contributed by atoms with Gasteiger partial charge >= 0.3 is 0 Å². The Morgan fingerprint density at radius 2 is 1.87 bits per heavy atom. The molecule has 1 aliphatic rings. The number of hydrogen-bond donors (Lipinski definition) is 2. The van der Waals surface area contributed by atoms with E-state index in [0.717, 1.165) is 32.0 Å². The molecule has 2 nitrogen and oxygen atoms in total. The molecule has 2 N–H and O–H groups in total. The Labute approximate surface area is 86.9 Å². The van der Waals surface area contributed by atoms with Crippen LogP contribution in [0.5, 0.6) is 5.75 Å². The third kappa shape index (κ3) is 1.95. The third-order valence-corrected chi connectivity index (χ3v) is 2.88. The first-order valence-corrected chi connectivity index (χ1v) is 5.07. The first-order valence-electron chi connectivity index (χ1n) is 5.07. The van der Waals surface area contributed by atoms with Crippen LogP contribution in [0.3, 0.4) is 0 Å². The summed E-state index contributed by atoms with van der Waals surface area (Å²) in [4.78, 5) is 0. The highest BCUT2D eigenvalue weighted by molar-refractivity contribution is 5.33. The van der Waals surface area contributed by atoms with Crippen LogP contribution in [-0.2, 0) is 0 Å². The molecule has 0 atom stereocenters. The Bertz CT molecular complexity index is 362. The van der Waals surface area contributed by atoms with E-state index in [1.54, 1.807) is 0 Å². The van der Waals surface area contributed by atoms with Crippen LogP contribution in [0.4, 0.5) is 8.78 Å². The molecule has 1 saturated heterocycles. The number of halogens is 2. The fraction of sp³-hybridized carbons (Fsp3) is 0.455. The molecule has 0 aliphatic carbocycles. The lowest BCUT2D eigenvalue weighted by Gasteiger charge is -2.23. The molecule has 2 rings (SSSR count). The summed E-state index contributed by atoms with van der Waals surface area (Å²) in [6.45, 7) is 1.67. The molecule has 0 bridgehead atoms. The second kappa shape index (κ2) is 4.14. The van der Waals surface area contributed by atoms with Gasteiger partial charge in [-0.25, -0.2) is 8.78 Å². The lowest BCUT2D eigenvalue weighted by molar-refractivity contribution is 0.381. The van der Waals surface area contributed by atoms with Crippen molar-refractivity contribution >= 4 is 0 Å². The molecular weight excluding hydrogens is 200 g/mol. The maximum atomic E-state index is 13.5. The molecule has 1 heterocycles. The summed E-state index contributed by atoms with van der Waals surface area (Å²) in [6.07, 6.45) is 1.64. The van der Waals surface area contributed by atoms with E-state index in [9.17, 15) is 8.78 Å². The molecule has 0 saturated carbocycles. The van der Waals surface area contributed by atoms with Crippen molar-refractivity contribution in [1.29, 1.82) is 0 Å². The summed E-state index contributed by atoms with van der Waals surface area (Å²) < 4.78 is 26.4. The minimum atomic E-state index is -0.898. The molecule has 0 spiro atoms. The first-order chi connectivity index (χ1) is 7.20. The van der Waals surface area contributed by atoms with Crippen LogP contribution in [0.25, 0.3) is 0 Å². The minimum absolute atomic E-state index is 0.0812. The molecule has 82 valence electrons. The number of piperidine rings is 1. The van der Waals surface area contributed by atoms with Gasteiger partial charge in [0.1, 0.15) is 0 Å². The minimum Gasteiger partial charge on any atom is -0.503 e. The monoisotopic (exact) mass is 213 g/mol. The predicted molar refractivity (Wildman–Crippen MR) is 52.9 cm³/mol. The van der Waals surface area contributed by atoms with Crippen molar-refractivity contribution in [2.24, 2.45) is 0 Å². The van der Waals surface area contributed by atoms with Crippen LogP contribution in [0.15, 0.2) is 12.1 Å². The van der Waals surface area contributed by atoms with Crippen molar-refractivity contribution in [2.45, 2.75) is 18.8 Å². The van der Waals surface area contributed by atoms with Crippen LogP contribution >= 0.6 is 0 Å². The highest BCUT2D eigenvalue weighted by Crippen LogP contribution is 2.32. The Kier molecular flexibility index (Phi) is 2.86. The van der Waals surface area contributed by atoms with Crippen LogP contribution in [-0.4, -0.2) is 18.2 Å². The summed E-state index contributed by atoms with van der Waals surface area (Å²) in [6, 6.07) is 2.55. The van der Waals surface area contributed by atoms with Gasteiger partial charge in [-0.3, -0.25) is 0 Å². The van der Waals surface area contributed by atoms with E-state index in [1.807, 2.05) is 0 Å². The molecule has 1 aromatic rings. The molecule has 0 unspecified atom stereocenters. The highest BCUT2D eigenvalue weighted by atomic mass is 19.1. The summed E-state index contributed by atoms with van der Waals surface area (Å²) in [7, 11) is 0. The fourth-order valence-corrected chi connectivity index (χ4v) is 2.00. The van der Waals surface area contributed by atoms with Gasteiger partial charge in [0.15, 0.2) is 17.4 Å². The van der Waals surface area contributed by atoms with Crippen LogP contribution in [0.1, 0.15) is 24.3 Å². The van der Waals surface area contributed by atoms with Crippen molar-refractivity contribution in [1.82, 2.24) is 5.32 Å². The zero-order valence-corrected chi connectivity index (χ0v) is 8.26. The standard InChI is InChI=1S/C11H13F2NO/c12-9-2-1-8(10(13)11(9)15)7-3-5-14-6-4-7/h1-2,7,14-15H,3-6H2. The summed E-state index contributed by atoms with van der Waals surface area (Å²) in [5.74, 6) is -2.48. The summed E-state index contributed by atoms with van der Waals surface area (Å²) in [5, 5.41) is 12.3. The van der Waals surface area contributed by atoms with E-state index in [2.05, 4.69) is 5.32 Å². The van der Waals surface area contributed by atoms with Gasteiger partial charge in [0, 0.05) is 0 Å². The average Bonchev–Trinajstić information content (AvgIpc) is 2.27. The van der Waals surface area contributed by atoms with E-state index in [1.165, 1.54) is 6.07 Å². The molecule has 15 heavy (non-hydrogen) atoms. The van der Waals surface area contributed by atoms with E-state index in [4.69, 9.17) is 5.11 Å². The predicted octanol–water partition coefficient (Wildman–Crippen LogP) is 2.14. The fourth-order valence-electron chi connectivity index (χ4n) is 2.00. The largest absolute Gasteiger partial charge is 0.503 e. The van der Waals surface area contributed by atoms with Gasteiger partial charge in [0.05, 0.1) is 0 Å². The number of phenolic OH excluding ortho intramolecular Hbond substituents is 1. The van der Waals surface area contributed by atoms with Crippen molar-refractivity contribution in [3.63, 3.8) is 0 Å². The molecule has 0 amide bonds. The van der Waals surface area contributed by atoms with Gasteiger partial charge in [-0.05, 0) is 43.5 Å². The summed E-state index contributed by atoms with van der Waals surface area (Å²) in [5.41, 5.74) is 0.426. The van der Waals surface area contributed by atoms with Gasteiger partial charge in [-0.15, -0.1) is 0 Å². The van der Waals surface area contributed by atoms with Crippen LogP contribution < -0.4 is 5.32 Å². The quantitative estimate of drug-likeness (QED) is 0.749.